The molecular formula is C10H7ClN2O3. The van der Waals surface area contributed by atoms with Crippen LogP contribution in [-0.4, -0.2) is 17.0 Å². The number of hydrogen-bond donors (Lipinski definition) is 0. The molecular weight excluding hydrogens is 232 g/mol. The predicted molar refractivity (Wildman–Crippen MR) is 60.0 cm³/mol. The number of halogens is 1. The number of benzene rings is 1. The third-order valence-corrected chi connectivity index (χ3v) is 2.42. The van der Waals surface area contributed by atoms with Gasteiger partial charge in [-0.3, -0.25) is 10.1 Å². The third-order valence-electron chi connectivity index (χ3n) is 2.15. The van der Waals surface area contributed by atoms with Gasteiger partial charge >= 0.3 is 0 Å². The molecule has 0 bridgehead atoms. The Kier molecular flexibility index (Phi) is 2.62. The average Bonchev–Trinajstić information content (AvgIpc) is 2.27. The van der Waals surface area contributed by atoms with Crippen LogP contribution in [-0.2, 0) is 0 Å². The standard InChI is InChI=1S/C10H7ClN2O3/c1-16-9-5-6-4-7(13(14)15)2-3-8(6)12-10(9)11/h2-5H,1H3. The van der Waals surface area contributed by atoms with E-state index < -0.39 is 4.92 Å². The molecule has 0 saturated heterocycles. The highest BCUT2D eigenvalue weighted by Gasteiger charge is 2.09. The monoisotopic (exact) mass is 238 g/mol. The molecule has 0 fully saturated rings. The predicted octanol–water partition coefficient (Wildman–Crippen LogP) is 2.81. The van der Waals surface area contributed by atoms with E-state index in [0.717, 1.165) is 0 Å². The van der Waals surface area contributed by atoms with Gasteiger partial charge in [0.2, 0.25) is 0 Å². The second-order valence-corrected chi connectivity index (χ2v) is 3.47. The van der Waals surface area contributed by atoms with Gasteiger partial charge < -0.3 is 4.74 Å². The van der Waals surface area contributed by atoms with Gasteiger partial charge in [-0.25, -0.2) is 4.98 Å². The zero-order valence-electron chi connectivity index (χ0n) is 8.31. The van der Waals surface area contributed by atoms with Crippen LogP contribution in [0.4, 0.5) is 5.69 Å². The molecule has 82 valence electrons. The van der Waals surface area contributed by atoms with E-state index in [9.17, 15) is 10.1 Å². The minimum Gasteiger partial charge on any atom is -0.494 e. The van der Waals surface area contributed by atoms with Crippen molar-refractivity contribution in [3.8, 4) is 5.75 Å². The number of methoxy groups -OCH3 is 1. The Morgan fingerprint density at radius 3 is 2.81 bits per heavy atom. The third kappa shape index (κ3) is 1.77. The maximum Gasteiger partial charge on any atom is 0.270 e. The lowest BCUT2D eigenvalue weighted by Gasteiger charge is -2.04. The van der Waals surface area contributed by atoms with E-state index >= 15 is 0 Å². The number of non-ortho nitro benzene ring substituents is 1. The lowest BCUT2D eigenvalue weighted by molar-refractivity contribution is -0.384. The van der Waals surface area contributed by atoms with Gasteiger partial charge in [-0.1, -0.05) is 11.6 Å². The highest BCUT2D eigenvalue weighted by Crippen LogP contribution is 2.28. The molecule has 1 aromatic heterocycles. The molecule has 2 rings (SSSR count). The van der Waals surface area contributed by atoms with Gasteiger partial charge in [-0.05, 0) is 12.1 Å². The highest BCUT2D eigenvalue weighted by atomic mass is 35.5. The molecule has 0 atom stereocenters. The van der Waals surface area contributed by atoms with E-state index in [1.165, 1.54) is 19.2 Å². The van der Waals surface area contributed by atoms with Crippen molar-refractivity contribution < 1.29 is 9.66 Å². The fourth-order valence-corrected chi connectivity index (χ4v) is 1.60. The first-order chi connectivity index (χ1) is 7.61. The first kappa shape index (κ1) is 10.6. The summed E-state index contributed by atoms with van der Waals surface area (Å²) >= 11 is 5.84. The Morgan fingerprint density at radius 1 is 1.44 bits per heavy atom. The fraction of sp³-hybridized carbons (Fsp3) is 0.100. The van der Waals surface area contributed by atoms with E-state index in [0.29, 0.717) is 16.7 Å². The molecule has 1 heterocycles. The summed E-state index contributed by atoms with van der Waals surface area (Å²) in [6, 6.07) is 6.00. The second kappa shape index (κ2) is 3.94. The average molecular weight is 239 g/mol. The maximum atomic E-state index is 10.6. The van der Waals surface area contributed by atoms with Gasteiger partial charge in [0.1, 0.15) is 0 Å². The summed E-state index contributed by atoms with van der Waals surface area (Å²) in [7, 11) is 1.46. The summed E-state index contributed by atoms with van der Waals surface area (Å²) in [6.07, 6.45) is 0. The SMILES string of the molecule is COc1cc2cc([N+](=O)[O-])ccc2nc1Cl. The molecule has 0 aliphatic rings. The van der Waals surface area contributed by atoms with Crippen LogP contribution < -0.4 is 4.74 Å². The Morgan fingerprint density at radius 2 is 2.19 bits per heavy atom. The Balaban J connectivity index is 2.68. The topological polar surface area (TPSA) is 65.3 Å². The van der Waals surface area contributed by atoms with Gasteiger partial charge in [0.25, 0.3) is 5.69 Å². The molecule has 0 unspecified atom stereocenters. The van der Waals surface area contributed by atoms with Crippen molar-refractivity contribution in [1.29, 1.82) is 0 Å². The lowest BCUT2D eigenvalue weighted by atomic mass is 10.2. The van der Waals surface area contributed by atoms with Crippen LogP contribution >= 0.6 is 11.6 Å². The molecule has 0 aliphatic heterocycles. The normalized spacial score (nSPS) is 10.4. The molecule has 16 heavy (non-hydrogen) atoms. The molecule has 5 nitrogen and oxygen atoms in total. The van der Waals surface area contributed by atoms with E-state index in [4.69, 9.17) is 16.3 Å². The van der Waals surface area contributed by atoms with E-state index in [2.05, 4.69) is 4.98 Å². The Bertz CT molecular complexity index is 571. The van der Waals surface area contributed by atoms with Crippen molar-refractivity contribution in [3.63, 3.8) is 0 Å². The summed E-state index contributed by atoms with van der Waals surface area (Å²) in [6.45, 7) is 0. The van der Waals surface area contributed by atoms with Crippen molar-refractivity contribution in [2.75, 3.05) is 7.11 Å². The van der Waals surface area contributed by atoms with Crippen molar-refractivity contribution >= 4 is 28.2 Å². The summed E-state index contributed by atoms with van der Waals surface area (Å²) in [5.74, 6) is 0.398. The van der Waals surface area contributed by atoms with Crippen LogP contribution in [0.2, 0.25) is 5.15 Å². The van der Waals surface area contributed by atoms with Gasteiger partial charge in [-0.2, -0.15) is 0 Å². The number of nitro groups is 1. The minimum absolute atomic E-state index is 0.0127. The number of nitrogens with zero attached hydrogens (tertiary/aromatic N) is 2. The van der Waals surface area contributed by atoms with Crippen LogP contribution in [0.1, 0.15) is 0 Å². The zero-order chi connectivity index (χ0) is 11.7. The van der Waals surface area contributed by atoms with Crippen LogP contribution in [0.3, 0.4) is 0 Å². The van der Waals surface area contributed by atoms with Crippen LogP contribution in [0.5, 0.6) is 5.75 Å². The number of pyridine rings is 1. The summed E-state index contributed by atoms with van der Waals surface area (Å²) in [4.78, 5) is 14.2. The number of fused-ring (bicyclic) bond motifs is 1. The molecule has 0 radical (unpaired) electrons. The van der Waals surface area contributed by atoms with Crippen LogP contribution in [0.25, 0.3) is 10.9 Å². The highest BCUT2D eigenvalue weighted by molar-refractivity contribution is 6.31. The Hall–Kier alpha value is -1.88. The molecule has 0 saturated carbocycles. The minimum atomic E-state index is -0.458. The second-order valence-electron chi connectivity index (χ2n) is 3.12. The van der Waals surface area contributed by atoms with Gasteiger partial charge in [0, 0.05) is 17.5 Å². The van der Waals surface area contributed by atoms with Crippen molar-refractivity contribution in [2.45, 2.75) is 0 Å². The largest absolute Gasteiger partial charge is 0.494 e. The first-order valence-electron chi connectivity index (χ1n) is 4.40. The van der Waals surface area contributed by atoms with Crippen LogP contribution in [0.15, 0.2) is 24.3 Å². The van der Waals surface area contributed by atoms with E-state index in [1.807, 2.05) is 0 Å². The number of hydrogen-bond acceptors (Lipinski definition) is 4. The van der Waals surface area contributed by atoms with E-state index in [-0.39, 0.29) is 10.8 Å². The van der Waals surface area contributed by atoms with Crippen molar-refractivity contribution in [2.24, 2.45) is 0 Å². The molecule has 0 spiro atoms. The number of rotatable bonds is 2. The number of ether oxygens (including phenoxy) is 1. The summed E-state index contributed by atoms with van der Waals surface area (Å²) in [5.41, 5.74) is 0.607. The lowest BCUT2D eigenvalue weighted by Crippen LogP contribution is -1.91. The quantitative estimate of drug-likeness (QED) is 0.458. The van der Waals surface area contributed by atoms with Crippen LogP contribution in [0, 0.1) is 10.1 Å². The van der Waals surface area contributed by atoms with Gasteiger partial charge in [0.05, 0.1) is 17.5 Å². The van der Waals surface area contributed by atoms with Crippen molar-refractivity contribution in [3.05, 3.63) is 39.5 Å². The smallest absolute Gasteiger partial charge is 0.270 e. The fourth-order valence-electron chi connectivity index (χ4n) is 1.38. The molecule has 1 aromatic carbocycles. The Labute approximate surface area is 95.8 Å². The zero-order valence-corrected chi connectivity index (χ0v) is 9.06. The molecule has 2 aromatic rings. The maximum absolute atomic E-state index is 10.6. The van der Waals surface area contributed by atoms with E-state index in [1.54, 1.807) is 12.1 Å². The van der Waals surface area contributed by atoms with Gasteiger partial charge in [-0.15, -0.1) is 0 Å². The summed E-state index contributed by atoms with van der Waals surface area (Å²) < 4.78 is 4.99. The molecule has 0 N–H and O–H groups in total. The van der Waals surface area contributed by atoms with Crippen molar-refractivity contribution in [1.82, 2.24) is 4.98 Å². The van der Waals surface area contributed by atoms with Gasteiger partial charge in [0.15, 0.2) is 10.9 Å². The molecule has 0 amide bonds. The molecule has 0 aliphatic carbocycles. The first-order valence-corrected chi connectivity index (χ1v) is 4.78. The molecule has 6 heteroatoms. The number of nitro benzene ring substituents is 1. The summed E-state index contributed by atoms with van der Waals surface area (Å²) in [5, 5.41) is 11.5. The number of aromatic nitrogens is 1.